The Balaban J connectivity index is 0.00000800. The summed E-state index contributed by atoms with van der Waals surface area (Å²) in [4.78, 5) is 22.7. The summed E-state index contributed by atoms with van der Waals surface area (Å²) in [6.07, 6.45) is 0.209. The van der Waals surface area contributed by atoms with Gasteiger partial charge in [-0.15, -0.1) is 0 Å². The van der Waals surface area contributed by atoms with Gasteiger partial charge >= 0.3 is 77.8 Å². The van der Waals surface area contributed by atoms with E-state index in [0.717, 1.165) is 5.56 Å². The molecule has 0 saturated carbocycles. The second-order valence-corrected chi connectivity index (χ2v) is 14.2. The van der Waals surface area contributed by atoms with Gasteiger partial charge < -0.3 is 18.8 Å². The van der Waals surface area contributed by atoms with Crippen molar-refractivity contribution in [1.29, 1.82) is 0 Å². The Bertz CT molecular complexity index is 1230. The Labute approximate surface area is 279 Å². The van der Waals surface area contributed by atoms with Crippen LogP contribution in [0.4, 0.5) is 0 Å². The molecular weight excluding hydrogens is 586 g/mol. The summed E-state index contributed by atoms with van der Waals surface area (Å²) in [5, 5.41) is 0. The van der Waals surface area contributed by atoms with E-state index >= 15 is 0 Å². The fourth-order valence-electron chi connectivity index (χ4n) is 2.97. The summed E-state index contributed by atoms with van der Waals surface area (Å²) in [6.45, 7) is 7.09. The molecule has 2 aromatic carbocycles. The molecule has 0 aromatic heterocycles. The third kappa shape index (κ3) is 12.7. The van der Waals surface area contributed by atoms with E-state index in [1.807, 2.05) is 24.3 Å². The van der Waals surface area contributed by atoms with Crippen LogP contribution in [0.5, 0.6) is 11.5 Å². The Morgan fingerprint density at radius 3 is 1.90 bits per heavy atom. The van der Waals surface area contributed by atoms with Gasteiger partial charge in [0, 0.05) is 6.42 Å². The Morgan fingerprint density at radius 2 is 1.40 bits per heavy atom. The van der Waals surface area contributed by atoms with Gasteiger partial charge in [-0.3, -0.25) is 9.59 Å². The number of hydrogen-bond acceptors (Lipinski definition) is 10. The van der Waals surface area contributed by atoms with Crippen LogP contribution in [0.25, 0.3) is 0 Å². The molecule has 10 nitrogen and oxygen atoms in total. The van der Waals surface area contributed by atoms with E-state index < -0.39 is 52.4 Å². The molecule has 13 heteroatoms. The normalized spacial score (nSPS) is 13.2. The van der Waals surface area contributed by atoms with Crippen LogP contribution in [0.1, 0.15) is 59.9 Å². The van der Waals surface area contributed by atoms with Crippen molar-refractivity contribution in [2.45, 2.75) is 72.3 Å². The largest absolute Gasteiger partial charge is 1.00 e. The van der Waals surface area contributed by atoms with Gasteiger partial charge in [0.25, 0.3) is 4.99 Å². The zero-order chi connectivity index (χ0) is 29.4. The van der Waals surface area contributed by atoms with Gasteiger partial charge in [-0.1, -0.05) is 34.9 Å². The third-order valence-corrected chi connectivity index (χ3v) is 8.49. The summed E-state index contributed by atoms with van der Waals surface area (Å²) in [5.74, 6) is -0.478. The minimum absolute atomic E-state index is 0. The van der Waals surface area contributed by atoms with Crippen LogP contribution in [0.15, 0.2) is 54.6 Å². The number of carbonyl (C=O) groups is 2. The Hall–Kier alpha value is -1.21. The van der Waals surface area contributed by atoms with E-state index in [1.165, 1.54) is 41.5 Å². The molecule has 0 aliphatic heterocycles. The van der Waals surface area contributed by atoms with Gasteiger partial charge in [-0.2, -0.15) is 0 Å². The second kappa shape index (κ2) is 15.9. The molecule has 0 saturated heterocycles. The quantitative estimate of drug-likeness (QED) is 0.114. The first-order valence-corrected chi connectivity index (χ1v) is 15.0. The number of benzene rings is 2. The van der Waals surface area contributed by atoms with Crippen LogP contribution in [-0.4, -0.2) is 36.4 Å². The van der Waals surface area contributed by atoms with Crippen LogP contribution in [-0.2, 0) is 44.7 Å². The van der Waals surface area contributed by atoms with E-state index in [0.29, 0.717) is 17.9 Å². The van der Waals surface area contributed by atoms with Crippen molar-refractivity contribution in [3.05, 3.63) is 60.2 Å². The average molecular weight is 622 g/mol. The molecule has 2 rings (SSSR count). The zero-order valence-corrected chi connectivity index (χ0v) is 28.7. The molecule has 0 spiro atoms. The average Bonchev–Trinajstić information content (AvgIpc) is 2.80. The molecule has 0 aliphatic rings. The minimum Gasteiger partial charge on any atom is -0.744 e. The van der Waals surface area contributed by atoms with Gasteiger partial charge in [0.05, 0.1) is 10.8 Å². The molecule has 214 valence electrons. The van der Waals surface area contributed by atoms with Crippen molar-refractivity contribution < 1.29 is 97.2 Å². The number of carbonyl (C=O) groups excluding carboxylic acids is 2. The molecule has 0 amide bonds. The van der Waals surface area contributed by atoms with Gasteiger partial charge in [-0.25, -0.2) is 8.42 Å². The first kappa shape index (κ1) is 36.8. The molecule has 2 aromatic rings. The molecule has 0 N–H and O–H groups in total. The number of para-hydroxylation sites is 1. The van der Waals surface area contributed by atoms with Crippen LogP contribution in [0, 0.1) is 10.8 Å². The van der Waals surface area contributed by atoms with Gasteiger partial charge in [0.1, 0.15) is 21.6 Å². The van der Waals surface area contributed by atoms with Crippen molar-refractivity contribution >= 4 is 30.1 Å². The number of hydrogen-bond donors (Lipinski definition) is 0. The maximum absolute atomic E-state index is 12.9. The van der Waals surface area contributed by atoms with E-state index in [4.69, 9.17) is 18.7 Å². The van der Waals surface area contributed by atoms with Crippen LogP contribution in [0.2, 0.25) is 0 Å². The van der Waals surface area contributed by atoms with Crippen molar-refractivity contribution in [2.75, 3.05) is 0 Å². The molecule has 0 heterocycles. The predicted molar refractivity (Wildman–Crippen MR) is 143 cm³/mol. The van der Waals surface area contributed by atoms with Crippen LogP contribution < -0.4 is 56.1 Å². The maximum atomic E-state index is 12.9. The van der Waals surface area contributed by atoms with Gasteiger partial charge in [0.15, 0.2) is 0 Å². The fraction of sp³-hybridized carbons (Fsp3) is 0.481. The molecular formula is C27H35KO10PS+. The van der Waals surface area contributed by atoms with Crippen molar-refractivity contribution in [3.8, 4) is 11.5 Å². The zero-order valence-electron chi connectivity index (χ0n) is 23.9. The summed E-state index contributed by atoms with van der Waals surface area (Å²) < 4.78 is 69.8. The first-order chi connectivity index (χ1) is 18.0. The third-order valence-electron chi connectivity index (χ3n) is 5.18. The monoisotopic (exact) mass is 621 g/mol. The summed E-state index contributed by atoms with van der Waals surface area (Å²) >= 11 is 0. The van der Waals surface area contributed by atoms with Crippen molar-refractivity contribution in [2.24, 2.45) is 10.8 Å². The maximum Gasteiger partial charge on any atom is 1.00 e. The van der Waals surface area contributed by atoms with Crippen LogP contribution in [0.3, 0.4) is 0 Å². The van der Waals surface area contributed by atoms with E-state index in [1.54, 1.807) is 30.3 Å². The molecule has 1 unspecified atom stereocenters. The summed E-state index contributed by atoms with van der Waals surface area (Å²) in [7, 11) is -8.35. The fourth-order valence-corrected chi connectivity index (χ4v) is 5.21. The number of aryl methyl sites for hydroxylation is 1. The number of esters is 2. The smallest absolute Gasteiger partial charge is 0.744 e. The minimum atomic E-state index is -5.09. The van der Waals surface area contributed by atoms with Gasteiger partial charge in [-0.05, 0) is 88.8 Å². The number of ether oxygens (including phenoxy) is 3. The van der Waals surface area contributed by atoms with Gasteiger partial charge in [0.2, 0.25) is 0 Å². The van der Waals surface area contributed by atoms with Crippen molar-refractivity contribution in [3.63, 3.8) is 0 Å². The molecule has 40 heavy (non-hydrogen) atoms. The second-order valence-electron chi connectivity index (χ2n) is 10.9. The molecule has 0 fully saturated rings. The topological polar surface area (TPSA) is 145 Å². The number of rotatable bonds is 12. The summed E-state index contributed by atoms with van der Waals surface area (Å²) in [6, 6.07) is 16.3. The van der Waals surface area contributed by atoms with Crippen molar-refractivity contribution in [1.82, 2.24) is 0 Å². The summed E-state index contributed by atoms with van der Waals surface area (Å²) in [5.41, 5.74) is -1.27. The van der Waals surface area contributed by atoms with Crippen LogP contribution >= 0.6 is 8.03 Å². The molecule has 0 radical (unpaired) electrons. The van der Waals surface area contributed by atoms with E-state index in [9.17, 15) is 27.1 Å². The molecule has 0 aliphatic carbocycles. The standard InChI is InChI=1S/C27H35O10PS.K/c1-26(2,3)23(28)35-25(36-24(29)27(4,5)6)37-38(30)22(39(31,32)33)17-11-13-19-12-10-16-21(18-19)34-20-14-8-7-9-15-20;/h7-10,12,14-16,18,22,25H,11,13,17H2,1-6H3;/q;+1/t22-;/m0./s1. The first-order valence-electron chi connectivity index (χ1n) is 12.3. The van der Waals surface area contributed by atoms with E-state index in [-0.39, 0.29) is 64.2 Å². The predicted octanol–water partition coefficient (Wildman–Crippen LogP) is 2.90. The van der Waals surface area contributed by atoms with E-state index in [2.05, 4.69) is 0 Å². The Morgan fingerprint density at radius 1 is 0.875 bits per heavy atom. The molecule has 2 atom stereocenters. The molecule has 0 bridgehead atoms. The Kier molecular flexibility index (Phi) is 14.6. The SMILES string of the molecule is CC(C)(C)C(=O)OC(OC(=O)C(C)(C)C)O[P+](=O)[C@H](CCCc1cccc(Oc2ccccc2)c1)S(=O)(=O)[O-].[K+].